The number of aryl methyl sites for hydroxylation is 3. The van der Waals surface area contributed by atoms with Gasteiger partial charge in [0.15, 0.2) is 0 Å². The Morgan fingerprint density at radius 2 is 1.79 bits per heavy atom. The Morgan fingerprint density at radius 3 is 2.41 bits per heavy atom. The Kier molecular flexibility index (Phi) is 5.88. The molecule has 0 unspecified atom stereocenters. The van der Waals surface area contributed by atoms with Crippen LogP contribution < -0.4 is 0 Å². The number of aldehydes is 1. The molecule has 0 aliphatic carbocycles. The van der Waals surface area contributed by atoms with Gasteiger partial charge in [-0.05, 0) is 55.2 Å². The van der Waals surface area contributed by atoms with Crippen molar-refractivity contribution in [3.05, 3.63) is 64.8 Å². The van der Waals surface area contributed by atoms with Crippen LogP contribution >= 0.6 is 0 Å². The number of methoxy groups -OCH3 is 1. The number of esters is 1. The van der Waals surface area contributed by atoms with Crippen molar-refractivity contribution in [3.63, 3.8) is 0 Å². The van der Waals surface area contributed by atoms with E-state index in [2.05, 4.69) is 0 Å². The Morgan fingerprint density at radius 1 is 1.10 bits per heavy atom. The van der Waals surface area contributed by atoms with Crippen molar-refractivity contribution < 1.29 is 22.7 Å². The minimum absolute atomic E-state index is 0.142. The molecule has 0 aliphatic heterocycles. The predicted molar refractivity (Wildman–Crippen MR) is 111 cm³/mol. The first-order valence-corrected chi connectivity index (χ1v) is 10.7. The zero-order valence-electron chi connectivity index (χ0n) is 16.6. The summed E-state index contributed by atoms with van der Waals surface area (Å²) in [5.74, 6) is -0.335. The van der Waals surface area contributed by atoms with E-state index >= 15 is 0 Å². The normalized spacial score (nSPS) is 11.6. The zero-order valence-corrected chi connectivity index (χ0v) is 17.5. The molecule has 0 amide bonds. The molecule has 3 rings (SSSR count). The number of hydrogen-bond acceptors (Lipinski definition) is 5. The Hall–Kier alpha value is -2.93. The van der Waals surface area contributed by atoms with Crippen LogP contribution in [0.5, 0.6) is 0 Å². The van der Waals surface area contributed by atoms with E-state index in [0.717, 1.165) is 33.9 Å². The first-order chi connectivity index (χ1) is 13.8. The van der Waals surface area contributed by atoms with Crippen molar-refractivity contribution in [3.8, 4) is 0 Å². The monoisotopic (exact) mass is 413 g/mol. The molecule has 0 saturated carbocycles. The fraction of sp³-hybridized carbons (Fsp3) is 0.273. The first kappa shape index (κ1) is 20.8. The minimum Gasteiger partial charge on any atom is -0.469 e. The van der Waals surface area contributed by atoms with Crippen molar-refractivity contribution in [2.75, 3.05) is 7.11 Å². The highest BCUT2D eigenvalue weighted by atomic mass is 32.2. The molecule has 0 radical (unpaired) electrons. The van der Waals surface area contributed by atoms with Crippen molar-refractivity contribution in [1.82, 2.24) is 3.97 Å². The lowest BCUT2D eigenvalue weighted by Crippen LogP contribution is -2.12. The maximum atomic E-state index is 13.2. The number of rotatable bonds is 7. The van der Waals surface area contributed by atoms with Crippen molar-refractivity contribution in [2.45, 2.75) is 38.0 Å². The van der Waals surface area contributed by atoms with Crippen LogP contribution in [-0.2, 0) is 37.2 Å². The van der Waals surface area contributed by atoms with E-state index in [1.54, 1.807) is 42.6 Å². The Labute approximate surface area is 170 Å². The molecule has 1 aromatic heterocycles. The summed E-state index contributed by atoms with van der Waals surface area (Å²) in [6.07, 6.45) is 3.12. The van der Waals surface area contributed by atoms with Crippen LogP contribution in [0.4, 0.5) is 0 Å². The molecular weight excluding hydrogens is 390 g/mol. The van der Waals surface area contributed by atoms with Crippen LogP contribution in [-0.4, -0.2) is 31.8 Å². The molecular formula is C22H23NO5S. The van der Waals surface area contributed by atoms with Crippen molar-refractivity contribution in [1.29, 1.82) is 0 Å². The topological polar surface area (TPSA) is 82.4 Å². The van der Waals surface area contributed by atoms with E-state index in [1.807, 2.05) is 13.8 Å². The van der Waals surface area contributed by atoms with Gasteiger partial charge < -0.3 is 9.53 Å². The van der Waals surface area contributed by atoms with Crippen LogP contribution in [0, 0.1) is 13.8 Å². The zero-order chi connectivity index (χ0) is 21.2. The van der Waals surface area contributed by atoms with Gasteiger partial charge in [0.25, 0.3) is 10.0 Å². The molecule has 152 valence electrons. The molecule has 6 nitrogen and oxygen atoms in total. The molecule has 2 aromatic carbocycles. The standard InChI is InChI=1S/C22H23NO5S/c1-15-4-8-18(9-5-15)29(26,27)23-14-16(2)22-19(12-13-24)17(6-10-20(22)23)7-11-21(25)28-3/h4-6,8-10,13-14H,7,11-12H2,1-3H3. The molecule has 29 heavy (non-hydrogen) atoms. The quantitative estimate of drug-likeness (QED) is 0.438. The van der Waals surface area contributed by atoms with Crippen LogP contribution in [0.2, 0.25) is 0 Å². The predicted octanol–water partition coefficient (Wildman–Crippen LogP) is 3.34. The third-order valence-electron chi connectivity index (χ3n) is 5.02. The highest BCUT2D eigenvalue weighted by Crippen LogP contribution is 2.31. The van der Waals surface area contributed by atoms with E-state index in [4.69, 9.17) is 4.74 Å². The smallest absolute Gasteiger partial charge is 0.305 e. The lowest BCUT2D eigenvalue weighted by molar-refractivity contribution is -0.140. The van der Waals surface area contributed by atoms with Gasteiger partial charge >= 0.3 is 5.97 Å². The fourth-order valence-corrected chi connectivity index (χ4v) is 4.94. The molecule has 1 heterocycles. The summed E-state index contributed by atoms with van der Waals surface area (Å²) in [4.78, 5) is 23.0. The number of fused-ring (bicyclic) bond motifs is 1. The third-order valence-corrected chi connectivity index (χ3v) is 6.71. The summed E-state index contributed by atoms with van der Waals surface area (Å²) in [5.41, 5.74) is 3.83. The van der Waals surface area contributed by atoms with Crippen LogP contribution in [0.25, 0.3) is 10.9 Å². The number of benzene rings is 2. The van der Waals surface area contributed by atoms with Crippen LogP contribution in [0.3, 0.4) is 0 Å². The van der Waals surface area contributed by atoms with Gasteiger partial charge in [-0.3, -0.25) is 4.79 Å². The van der Waals surface area contributed by atoms with Gasteiger partial charge in [0.2, 0.25) is 0 Å². The molecule has 0 bridgehead atoms. The van der Waals surface area contributed by atoms with E-state index < -0.39 is 10.0 Å². The van der Waals surface area contributed by atoms with Gasteiger partial charge in [-0.2, -0.15) is 0 Å². The lowest BCUT2D eigenvalue weighted by Gasteiger charge is -2.12. The maximum Gasteiger partial charge on any atom is 0.305 e. The van der Waals surface area contributed by atoms with Crippen molar-refractivity contribution in [2.24, 2.45) is 0 Å². The SMILES string of the molecule is COC(=O)CCc1ccc2c(c(C)cn2S(=O)(=O)c2ccc(C)cc2)c1CC=O. The fourth-order valence-electron chi connectivity index (χ4n) is 3.52. The van der Waals surface area contributed by atoms with E-state index in [0.29, 0.717) is 11.9 Å². The Balaban J connectivity index is 2.17. The van der Waals surface area contributed by atoms with Gasteiger partial charge in [0.05, 0.1) is 17.5 Å². The highest BCUT2D eigenvalue weighted by molar-refractivity contribution is 7.90. The van der Waals surface area contributed by atoms with Gasteiger partial charge in [0.1, 0.15) is 6.29 Å². The third kappa shape index (κ3) is 3.96. The van der Waals surface area contributed by atoms with Gasteiger partial charge in [-0.25, -0.2) is 12.4 Å². The number of carbonyl (C=O) groups is 2. The number of ether oxygens (including phenoxy) is 1. The van der Waals surface area contributed by atoms with E-state index in [1.165, 1.54) is 11.1 Å². The number of hydrogen-bond donors (Lipinski definition) is 0. The molecule has 0 spiro atoms. The summed E-state index contributed by atoms with van der Waals surface area (Å²) in [5, 5.41) is 0.732. The summed E-state index contributed by atoms with van der Waals surface area (Å²) in [6, 6.07) is 10.2. The lowest BCUT2D eigenvalue weighted by atomic mass is 9.95. The highest BCUT2D eigenvalue weighted by Gasteiger charge is 2.22. The Bertz CT molecular complexity index is 1170. The number of carbonyl (C=O) groups excluding carboxylic acids is 2. The average molecular weight is 413 g/mol. The molecule has 0 aliphatic rings. The van der Waals surface area contributed by atoms with Gasteiger partial charge in [-0.15, -0.1) is 0 Å². The molecule has 3 aromatic rings. The number of aromatic nitrogens is 1. The second-order valence-electron chi connectivity index (χ2n) is 6.97. The summed E-state index contributed by atoms with van der Waals surface area (Å²) in [7, 11) is -2.45. The summed E-state index contributed by atoms with van der Waals surface area (Å²) < 4.78 is 32.4. The van der Waals surface area contributed by atoms with Gasteiger partial charge in [0, 0.05) is 24.4 Å². The molecule has 7 heteroatoms. The molecule has 0 saturated heterocycles. The molecule has 0 fully saturated rings. The van der Waals surface area contributed by atoms with E-state index in [9.17, 15) is 18.0 Å². The maximum absolute atomic E-state index is 13.2. The second kappa shape index (κ2) is 8.21. The first-order valence-electron chi connectivity index (χ1n) is 9.24. The summed E-state index contributed by atoms with van der Waals surface area (Å²) in [6.45, 7) is 3.72. The van der Waals surface area contributed by atoms with E-state index in [-0.39, 0.29) is 23.7 Å². The summed E-state index contributed by atoms with van der Waals surface area (Å²) >= 11 is 0. The van der Waals surface area contributed by atoms with Crippen LogP contribution in [0.1, 0.15) is 28.7 Å². The van der Waals surface area contributed by atoms with Crippen molar-refractivity contribution >= 4 is 33.2 Å². The van der Waals surface area contributed by atoms with Crippen LogP contribution in [0.15, 0.2) is 47.5 Å². The average Bonchev–Trinajstić information content (AvgIpc) is 3.05. The largest absolute Gasteiger partial charge is 0.469 e. The van der Waals surface area contributed by atoms with Gasteiger partial charge in [-0.1, -0.05) is 23.8 Å². The molecule has 0 N–H and O–H groups in total. The second-order valence-corrected chi connectivity index (χ2v) is 8.79. The minimum atomic E-state index is -3.78. The molecule has 0 atom stereocenters. The number of nitrogens with zero attached hydrogens (tertiary/aromatic N) is 1.